The Kier molecular flexibility index (Phi) is 4.14. The maximum absolute atomic E-state index is 6.49. The minimum atomic E-state index is -0.00291. The summed E-state index contributed by atoms with van der Waals surface area (Å²) in [6, 6.07) is 0. The molecule has 0 aromatic carbocycles. The van der Waals surface area contributed by atoms with E-state index in [-0.39, 0.29) is 11.2 Å². The first-order chi connectivity index (χ1) is 7.99. The Bertz CT molecular complexity index is 232. The van der Waals surface area contributed by atoms with Gasteiger partial charge in [-0.3, -0.25) is 0 Å². The molecule has 0 radical (unpaired) electrons. The van der Waals surface area contributed by atoms with Crippen LogP contribution in [0.2, 0.25) is 0 Å². The molecule has 0 unspecified atom stereocenters. The second kappa shape index (κ2) is 5.27. The van der Waals surface area contributed by atoms with Gasteiger partial charge in [-0.1, -0.05) is 19.3 Å². The molecule has 2 aliphatic rings. The van der Waals surface area contributed by atoms with Crippen LogP contribution in [0.5, 0.6) is 0 Å². The van der Waals surface area contributed by atoms with Gasteiger partial charge >= 0.3 is 0 Å². The van der Waals surface area contributed by atoms with E-state index in [2.05, 4.69) is 25.7 Å². The Morgan fingerprint density at radius 1 is 0.941 bits per heavy atom. The third kappa shape index (κ3) is 3.96. The van der Waals surface area contributed by atoms with Crippen molar-refractivity contribution in [2.24, 2.45) is 0 Å². The lowest BCUT2D eigenvalue weighted by Crippen LogP contribution is -2.49. The van der Waals surface area contributed by atoms with Gasteiger partial charge in [-0.25, -0.2) is 0 Å². The van der Waals surface area contributed by atoms with Crippen molar-refractivity contribution in [3.63, 3.8) is 0 Å². The van der Waals surface area contributed by atoms with Crippen molar-refractivity contribution in [2.75, 3.05) is 19.6 Å². The molecular formula is C15H29NO. The molecule has 0 aromatic rings. The Labute approximate surface area is 107 Å². The summed E-state index contributed by atoms with van der Waals surface area (Å²) in [5.41, 5.74) is 0.151. The molecule has 0 atom stereocenters. The fraction of sp³-hybridized carbons (Fsp3) is 1.00. The van der Waals surface area contributed by atoms with E-state index in [1.807, 2.05) is 0 Å². The molecular weight excluding hydrogens is 210 g/mol. The summed E-state index contributed by atoms with van der Waals surface area (Å²) in [6.07, 6.45) is 9.39. The van der Waals surface area contributed by atoms with Crippen molar-refractivity contribution in [1.82, 2.24) is 4.90 Å². The summed E-state index contributed by atoms with van der Waals surface area (Å²) in [4.78, 5) is 2.62. The normalized spacial score (nSPS) is 26.3. The first kappa shape index (κ1) is 13.4. The van der Waals surface area contributed by atoms with Crippen LogP contribution in [0, 0.1) is 0 Å². The quantitative estimate of drug-likeness (QED) is 0.746. The first-order valence-corrected chi connectivity index (χ1v) is 7.42. The van der Waals surface area contributed by atoms with Gasteiger partial charge in [0.2, 0.25) is 0 Å². The van der Waals surface area contributed by atoms with E-state index in [0.717, 1.165) is 0 Å². The fourth-order valence-electron chi connectivity index (χ4n) is 3.49. The van der Waals surface area contributed by atoms with Gasteiger partial charge in [0.05, 0.1) is 11.2 Å². The Balaban J connectivity index is 2.00. The van der Waals surface area contributed by atoms with Crippen LogP contribution in [-0.4, -0.2) is 35.7 Å². The SMILES string of the molecule is CC(C)(C)OC1(CN2CCCC2)CCCCC1. The Morgan fingerprint density at radius 2 is 1.53 bits per heavy atom. The average Bonchev–Trinajstić information content (AvgIpc) is 2.68. The molecule has 2 rings (SSSR count). The van der Waals surface area contributed by atoms with E-state index >= 15 is 0 Å². The topological polar surface area (TPSA) is 12.5 Å². The monoisotopic (exact) mass is 239 g/mol. The molecule has 1 aliphatic carbocycles. The largest absolute Gasteiger partial charge is 0.368 e. The van der Waals surface area contributed by atoms with Crippen molar-refractivity contribution in [1.29, 1.82) is 0 Å². The van der Waals surface area contributed by atoms with Gasteiger partial charge in [-0.05, 0) is 59.5 Å². The molecule has 17 heavy (non-hydrogen) atoms. The third-order valence-electron chi connectivity index (χ3n) is 4.00. The summed E-state index contributed by atoms with van der Waals surface area (Å²) >= 11 is 0. The summed E-state index contributed by atoms with van der Waals surface area (Å²) < 4.78 is 6.49. The fourth-order valence-corrected chi connectivity index (χ4v) is 3.49. The van der Waals surface area contributed by atoms with E-state index < -0.39 is 0 Å². The van der Waals surface area contributed by atoms with Gasteiger partial charge in [0, 0.05) is 6.54 Å². The predicted molar refractivity (Wildman–Crippen MR) is 72.3 cm³/mol. The molecule has 0 bridgehead atoms. The summed E-state index contributed by atoms with van der Waals surface area (Å²) in [6.45, 7) is 10.3. The van der Waals surface area contributed by atoms with Crippen LogP contribution in [0.4, 0.5) is 0 Å². The Hall–Kier alpha value is -0.0800. The van der Waals surface area contributed by atoms with Crippen LogP contribution < -0.4 is 0 Å². The van der Waals surface area contributed by atoms with Crippen LogP contribution in [0.15, 0.2) is 0 Å². The summed E-state index contributed by atoms with van der Waals surface area (Å²) in [7, 11) is 0. The minimum Gasteiger partial charge on any atom is -0.368 e. The minimum absolute atomic E-state index is 0.00291. The van der Waals surface area contributed by atoms with Crippen LogP contribution in [0.25, 0.3) is 0 Å². The number of hydrogen-bond donors (Lipinski definition) is 0. The molecule has 2 nitrogen and oxygen atoms in total. The van der Waals surface area contributed by atoms with Crippen LogP contribution >= 0.6 is 0 Å². The molecule has 1 heterocycles. The number of ether oxygens (including phenoxy) is 1. The van der Waals surface area contributed by atoms with Gasteiger partial charge in [0.15, 0.2) is 0 Å². The van der Waals surface area contributed by atoms with E-state index in [4.69, 9.17) is 4.74 Å². The molecule has 0 amide bonds. The lowest BCUT2D eigenvalue weighted by Gasteiger charge is -2.44. The molecule has 1 saturated heterocycles. The first-order valence-electron chi connectivity index (χ1n) is 7.42. The molecule has 2 heteroatoms. The predicted octanol–water partition coefficient (Wildman–Crippen LogP) is 3.60. The molecule has 2 fully saturated rings. The standard InChI is InChI=1S/C15H29NO/c1-14(2,3)17-15(9-5-4-6-10-15)13-16-11-7-8-12-16/h4-13H2,1-3H3. The zero-order valence-corrected chi connectivity index (χ0v) is 11.9. The average molecular weight is 239 g/mol. The van der Waals surface area contributed by atoms with Gasteiger partial charge in [-0.2, -0.15) is 0 Å². The van der Waals surface area contributed by atoms with Crippen molar-refractivity contribution < 1.29 is 4.74 Å². The Morgan fingerprint density at radius 3 is 2.06 bits per heavy atom. The highest BCUT2D eigenvalue weighted by Gasteiger charge is 2.38. The van der Waals surface area contributed by atoms with Gasteiger partial charge in [0.1, 0.15) is 0 Å². The lowest BCUT2D eigenvalue weighted by molar-refractivity contribution is -0.157. The van der Waals surface area contributed by atoms with Gasteiger partial charge < -0.3 is 9.64 Å². The van der Waals surface area contributed by atoms with Crippen LogP contribution in [0.3, 0.4) is 0 Å². The van der Waals surface area contributed by atoms with Crippen molar-refractivity contribution in [2.45, 2.75) is 76.9 Å². The number of nitrogens with zero attached hydrogens (tertiary/aromatic N) is 1. The maximum Gasteiger partial charge on any atom is 0.0815 e. The smallest absolute Gasteiger partial charge is 0.0815 e. The van der Waals surface area contributed by atoms with Crippen molar-refractivity contribution >= 4 is 0 Å². The number of hydrogen-bond acceptors (Lipinski definition) is 2. The highest BCUT2D eigenvalue weighted by Crippen LogP contribution is 2.36. The van der Waals surface area contributed by atoms with Gasteiger partial charge in [-0.15, -0.1) is 0 Å². The second-order valence-corrected chi connectivity index (χ2v) is 6.94. The zero-order chi connectivity index (χ0) is 12.4. The maximum atomic E-state index is 6.49. The third-order valence-corrected chi connectivity index (χ3v) is 4.00. The van der Waals surface area contributed by atoms with E-state index in [1.165, 1.54) is 64.6 Å². The van der Waals surface area contributed by atoms with E-state index in [1.54, 1.807) is 0 Å². The zero-order valence-electron chi connectivity index (χ0n) is 11.9. The van der Waals surface area contributed by atoms with Crippen molar-refractivity contribution in [3.05, 3.63) is 0 Å². The van der Waals surface area contributed by atoms with Crippen LogP contribution in [0.1, 0.15) is 65.7 Å². The summed E-state index contributed by atoms with van der Waals surface area (Å²) in [5.74, 6) is 0. The molecule has 1 saturated carbocycles. The molecule has 0 spiro atoms. The molecule has 0 aromatic heterocycles. The highest BCUT2D eigenvalue weighted by atomic mass is 16.5. The van der Waals surface area contributed by atoms with Gasteiger partial charge in [0.25, 0.3) is 0 Å². The molecule has 100 valence electrons. The van der Waals surface area contributed by atoms with E-state index in [9.17, 15) is 0 Å². The lowest BCUT2D eigenvalue weighted by atomic mass is 9.83. The van der Waals surface area contributed by atoms with Crippen molar-refractivity contribution in [3.8, 4) is 0 Å². The highest BCUT2D eigenvalue weighted by molar-refractivity contribution is 4.90. The molecule has 1 aliphatic heterocycles. The van der Waals surface area contributed by atoms with Crippen LogP contribution in [-0.2, 0) is 4.74 Å². The second-order valence-electron chi connectivity index (χ2n) is 6.94. The summed E-state index contributed by atoms with van der Waals surface area (Å²) in [5, 5.41) is 0. The van der Waals surface area contributed by atoms with E-state index in [0.29, 0.717) is 0 Å². The number of rotatable bonds is 3. The number of likely N-dealkylation sites (tertiary alicyclic amines) is 1. The molecule has 0 N–H and O–H groups in total.